The second-order valence-electron chi connectivity index (χ2n) is 4.93. The first-order valence-corrected chi connectivity index (χ1v) is 7.83. The maximum absolute atomic E-state index is 12.3. The molecule has 2 N–H and O–H groups in total. The van der Waals surface area contributed by atoms with Gasteiger partial charge in [-0.1, -0.05) is 18.5 Å². The number of amides is 1. The molecule has 0 bridgehead atoms. The third-order valence-electron chi connectivity index (χ3n) is 3.41. The van der Waals surface area contributed by atoms with Gasteiger partial charge in [0.2, 0.25) is 5.91 Å². The number of halogens is 2. The Bertz CT molecular complexity index is 510. The van der Waals surface area contributed by atoms with Gasteiger partial charge in [-0.15, -0.1) is 0 Å². The molecule has 0 aliphatic carbocycles. The summed E-state index contributed by atoms with van der Waals surface area (Å²) in [6.07, 6.45) is 0. The molecule has 1 saturated heterocycles. The van der Waals surface area contributed by atoms with Crippen LogP contribution in [0.1, 0.15) is 13.8 Å². The molecule has 20 heavy (non-hydrogen) atoms. The van der Waals surface area contributed by atoms with Crippen molar-refractivity contribution >= 4 is 39.1 Å². The molecule has 1 aromatic rings. The Labute approximate surface area is 132 Å². The van der Waals surface area contributed by atoms with E-state index in [9.17, 15) is 4.79 Å². The van der Waals surface area contributed by atoms with Crippen LogP contribution in [0.2, 0.25) is 5.02 Å². The highest BCUT2D eigenvalue weighted by Gasteiger charge is 2.30. The molecule has 0 spiro atoms. The van der Waals surface area contributed by atoms with E-state index < -0.39 is 0 Å². The first-order chi connectivity index (χ1) is 9.52. The standard InChI is InChI=1S/C14H18BrClN2O2/c1-3-20-13-11(15)4-9(16)5-12(13)18-14(19)10-7-17-6-8(10)2/h4-5,8,10,17H,3,6-7H2,1-2H3,(H,18,19)/t8-,10-/m1/s1. The topological polar surface area (TPSA) is 50.4 Å². The first-order valence-electron chi connectivity index (χ1n) is 6.66. The van der Waals surface area contributed by atoms with Crippen molar-refractivity contribution in [3.63, 3.8) is 0 Å². The Morgan fingerprint density at radius 3 is 2.90 bits per heavy atom. The number of ether oxygens (including phenoxy) is 1. The van der Waals surface area contributed by atoms with Crippen molar-refractivity contribution in [1.82, 2.24) is 5.32 Å². The molecule has 110 valence electrons. The summed E-state index contributed by atoms with van der Waals surface area (Å²) in [5.74, 6) is 0.914. The van der Waals surface area contributed by atoms with E-state index >= 15 is 0 Å². The molecule has 0 unspecified atom stereocenters. The monoisotopic (exact) mass is 360 g/mol. The number of rotatable bonds is 4. The van der Waals surface area contributed by atoms with Crippen LogP contribution in [0.15, 0.2) is 16.6 Å². The van der Waals surface area contributed by atoms with Gasteiger partial charge in [0.15, 0.2) is 5.75 Å². The number of carbonyl (C=O) groups is 1. The highest BCUT2D eigenvalue weighted by Crippen LogP contribution is 2.37. The Morgan fingerprint density at radius 2 is 2.30 bits per heavy atom. The number of anilines is 1. The summed E-state index contributed by atoms with van der Waals surface area (Å²) in [4.78, 5) is 12.3. The van der Waals surface area contributed by atoms with E-state index in [2.05, 4.69) is 33.5 Å². The first kappa shape index (κ1) is 15.6. The zero-order chi connectivity index (χ0) is 14.7. The van der Waals surface area contributed by atoms with Crippen molar-refractivity contribution in [2.75, 3.05) is 25.0 Å². The lowest BCUT2D eigenvalue weighted by molar-refractivity contribution is -0.120. The number of hydrogen-bond acceptors (Lipinski definition) is 3. The molecule has 1 heterocycles. The number of nitrogens with one attached hydrogen (secondary N) is 2. The van der Waals surface area contributed by atoms with Crippen molar-refractivity contribution < 1.29 is 9.53 Å². The van der Waals surface area contributed by atoms with Crippen LogP contribution >= 0.6 is 27.5 Å². The highest BCUT2D eigenvalue weighted by atomic mass is 79.9. The number of carbonyl (C=O) groups excluding carboxylic acids is 1. The molecule has 1 aromatic carbocycles. The molecule has 0 aromatic heterocycles. The summed E-state index contributed by atoms with van der Waals surface area (Å²) in [6.45, 7) is 6.07. The van der Waals surface area contributed by atoms with Crippen molar-refractivity contribution in [3.8, 4) is 5.75 Å². The maximum atomic E-state index is 12.3. The van der Waals surface area contributed by atoms with E-state index in [1.165, 1.54) is 0 Å². The van der Waals surface area contributed by atoms with Crippen LogP contribution in [-0.4, -0.2) is 25.6 Å². The summed E-state index contributed by atoms with van der Waals surface area (Å²) in [6, 6.07) is 3.46. The second kappa shape index (κ2) is 6.78. The molecule has 0 saturated carbocycles. The van der Waals surface area contributed by atoms with Gasteiger partial charge in [0.1, 0.15) is 0 Å². The minimum absolute atomic E-state index is 0.00220. The molecule has 2 rings (SSSR count). The molecular formula is C14H18BrClN2O2. The van der Waals surface area contributed by atoms with Gasteiger partial charge in [0.25, 0.3) is 0 Å². The van der Waals surface area contributed by atoms with Crippen LogP contribution < -0.4 is 15.4 Å². The predicted molar refractivity (Wildman–Crippen MR) is 84.5 cm³/mol. The Hall–Kier alpha value is -0.780. The van der Waals surface area contributed by atoms with Crippen molar-refractivity contribution in [2.24, 2.45) is 11.8 Å². The minimum atomic E-state index is -0.0257. The van der Waals surface area contributed by atoms with Gasteiger partial charge >= 0.3 is 0 Å². The molecule has 1 aliphatic heterocycles. The van der Waals surface area contributed by atoms with Crippen LogP contribution in [0.3, 0.4) is 0 Å². The van der Waals surface area contributed by atoms with Crippen LogP contribution in [0.5, 0.6) is 5.75 Å². The van der Waals surface area contributed by atoms with Crippen molar-refractivity contribution in [3.05, 3.63) is 21.6 Å². The van der Waals surface area contributed by atoms with Crippen molar-refractivity contribution in [1.29, 1.82) is 0 Å². The maximum Gasteiger partial charge on any atom is 0.229 e. The quantitative estimate of drug-likeness (QED) is 0.865. The average Bonchev–Trinajstić information content (AvgIpc) is 2.80. The lowest BCUT2D eigenvalue weighted by Crippen LogP contribution is -2.28. The second-order valence-corrected chi connectivity index (χ2v) is 6.22. The fraction of sp³-hybridized carbons (Fsp3) is 0.500. The van der Waals surface area contributed by atoms with Gasteiger partial charge in [-0.05, 0) is 47.4 Å². The van der Waals surface area contributed by atoms with Gasteiger partial charge in [0.05, 0.1) is 22.7 Å². The van der Waals surface area contributed by atoms with E-state index in [1.807, 2.05) is 6.92 Å². The van der Waals surface area contributed by atoms with E-state index in [0.717, 1.165) is 11.0 Å². The molecular weight excluding hydrogens is 344 g/mol. The summed E-state index contributed by atoms with van der Waals surface area (Å²) < 4.78 is 6.31. The Kier molecular flexibility index (Phi) is 5.29. The Balaban J connectivity index is 2.21. The number of benzene rings is 1. The molecule has 4 nitrogen and oxygen atoms in total. The largest absolute Gasteiger partial charge is 0.491 e. The normalized spacial score (nSPS) is 21.8. The summed E-state index contributed by atoms with van der Waals surface area (Å²) >= 11 is 9.46. The summed E-state index contributed by atoms with van der Waals surface area (Å²) in [5, 5.41) is 6.70. The van der Waals surface area contributed by atoms with E-state index in [1.54, 1.807) is 12.1 Å². The Morgan fingerprint density at radius 1 is 1.55 bits per heavy atom. The lowest BCUT2D eigenvalue weighted by atomic mass is 9.97. The third-order valence-corrected chi connectivity index (χ3v) is 4.22. The number of hydrogen-bond donors (Lipinski definition) is 2. The molecule has 2 atom stereocenters. The minimum Gasteiger partial charge on any atom is -0.491 e. The average molecular weight is 362 g/mol. The predicted octanol–water partition coefficient (Wildman–Crippen LogP) is 3.30. The molecule has 1 aliphatic rings. The third kappa shape index (κ3) is 3.45. The van der Waals surface area contributed by atoms with E-state index in [0.29, 0.717) is 35.5 Å². The van der Waals surface area contributed by atoms with Gasteiger partial charge in [-0.2, -0.15) is 0 Å². The molecule has 0 radical (unpaired) electrons. The zero-order valence-corrected chi connectivity index (χ0v) is 13.8. The van der Waals surface area contributed by atoms with Gasteiger partial charge in [-0.25, -0.2) is 0 Å². The fourth-order valence-corrected chi connectivity index (χ4v) is 3.26. The summed E-state index contributed by atoms with van der Waals surface area (Å²) in [7, 11) is 0. The molecule has 1 fully saturated rings. The molecule has 1 amide bonds. The SMILES string of the molecule is CCOc1c(Br)cc(Cl)cc1NC(=O)[C@@H]1CNC[C@H]1C. The van der Waals surface area contributed by atoms with E-state index in [4.69, 9.17) is 16.3 Å². The van der Waals surface area contributed by atoms with Crippen LogP contribution in [0, 0.1) is 11.8 Å². The summed E-state index contributed by atoms with van der Waals surface area (Å²) in [5.41, 5.74) is 0.607. The van der Waals surface area contributed by atoms with Gasteiger partial charge in [-0.3, -0.25) is 4.79 Å². The lowest BCUT2D eigenvalue weighted by Gasteiger charge is -2.17. The smallest absolute Gasteiger partial charge is 0.229 e. The van der Waals surface area contributed by atoms with E-state index in [-0.39, 0.29) is 11.8 Å². The van der Waals surface area contributed by atoms with Crippen LogP contribution in [0.4, 0.5) is 5.69 Å². The zero-order valence-electron chi connectivity index (χ0n) is 11.5. The van der Waals surface area contributed by atoms with Crippen LogP contribution in [-0.2, 0) is 4.79 Å². The van der Waals surface area contributed by atoms with Crippen molar-refractivity contribution in [2.45, 2.75) is 13.8 Å². The molecule has 6 heteroatoms. The van der Waals surface area contributed by atoms with Crippen LogP contribution in [0.25, 0.3) is 0 Å². The highest BCUT2D eigenvalue weighted by molar-refractivity contribution is 9.10. The van der Waals surface area contributed by atoms with Gasteiger partial charge < -0.3 is 15.4 Å². The fourth-order valence-electron chi connectivity index (χ4n) is 2.33. The van der Waals surface area contributed by atoms with Gasteiger partial charge in [0, 0.05) is 11.6 Å².